The number of nitrogens with zero attached hydrogens (tertiary/aromatic N) is 1. The van der Waals surface area contributed by atoms with Crippen molar-refractivity contribution in [3.05, 3.63) is 83.9 Å². The van der Waals surface area contributed by atoms with Gasteiger partial charge < -0.3 is 4.52 Å². The third-order valence-corrected chi connectivity index (χ3v) is 5.63. The monoisotopic (exact) mass is 378 g/mol. The van der Waals surface area contributed by atoms with Crippen LogP contribution in [0.3, 0.4) is 0 Å². The maximum Gasteiger partial charge on any atom is 0.277 e. The third-order valence-electron chi connectivity index (χ3n) is 4.39. The minimum Gasteiger partial charge on any atom is -0.343 e. The van der Waals surface area contributed by atoms with Crippen LogP contribution in [0.15, 0.2) is 82.4 Å². The van der Waals surface area contributed by atoms with E-state index in [1.807, 2.05) is 73.7 Å². The van der Waals surface area contributed by atoms with E-state index in [9.17, 15) is 8.42 Å². The molecule has 0 aliphatic rings. The Bertz CT molecular complexity index is 1200. The fraction of sp³-hybridized carbons (Fsp3) is 0.0952. The van der Waals surface area contributed by atoms with Crippen molar-refractivity contribution in [2.75, 3.05) is 0 Å². The van der Waals surface area contributed by atoms with E-state index in [0.29, 0.717) is 5.69 Å². The van der Waals surface area contributed by atoms with Gasteiger partial charge in [0.15, 0.2) is 0 Å². The first-order chi connectivity index (χ1) is 13.0. The van der Waals surface area contributed by atoms with Crippen LogP contribution in [0, 0.1) is 6.92 Å². The number of rotatable bonds is 5. The molecule has 4 rings (SSSR count). The Morgan fingerprint density at radius 3 is 2.44 bits per heavy atom. The molecule has 27 heavy (non-hydrogen) atoms. The molecule has 0 bridgehead atoms. The molecule has 1 aromatic heterocycles. The molecule has 0 amide bonds. The Hall–Kier alpha value is -2.96. The summed E-state index contributed by atoms with van der Waals surface area (Å²) in [5.74, 6) is 0. The number of aromatic nitrogens is 1. The van der Waals surface area contributed by atoms with Gasteiger partial charge in [-0.15, -0.1) is 0 Å². The van der Waals surface area contributed by atoms with Gasteiger partial charge in [-0.25, -0.2) is 13.1 Å². The van der Waals surface area contributed by atoms with Gasteiger partial charge in [-0.1, -0.05) is 71.4 Å². The molecule has 0 atom stereocenters. The number of benzene rings is 3. The first-order valence-electron chi connectivity index (χ1n) is 8.52. The van der Waals surface area contributed by atoms with Crippen LogP contribution in [0.25, 0.3) is 22.0 Å². The van der Waals surface area contributed by atoms with Crippen molar-refractivity contribution in [3.63, 3.8) is 0 Å². The Kier molecular flexibility index (Phi) is 4.51. The van der Waals surface area contributed by atoms with Gasteiger partial charge in [0.05, 0.1) is 0 Å². The largest absolute Gasteiger partial charge is 0.343 e. The van der Waals surface area contributed by atoms with Gasteiger partial charge >= 0.3 is 0 Å². The standard InChI is InChI=1S/C21H18N2O3S/c1-15-6-8-16(9-7-15)14-22-27(24,25)21-13-20(23-26-21)19-11-10-17-4-2-3-5-18(17)12-19/h2-13,22H,14H2,1H3. The highest BCUT2D eigenvalue weighted by atomic mass is 32.2. The van der Waals surface area contributed by atoms with Gasteiger partial charge in [-0.2, -0.15) is 0 Å². The second-order valence-corrected chi connectivity index (χ2v) is 8.10. The lowest BCUT2D eigenvalue weighted by Gasteiger charge is -2.04. The number of hydrogen-bond acceptors (Lipinski definition) is 4. The SMILES string of the molecule is Cc1ccc(CNS(=O)(=O)c2cc(-c3ccc4ccccc4c3)no2)cc1. The minimum atomic E-state index is -3.78. The van der Waals surface area contributed by atoms with Crippen molar-refractivity contribution in [1.29, 1.82) is 0 Å². The molecular weight excluding hydrogens is 360 g/mol. The highest BCUT2D eigenvalue weighted by Gasteiger charge is 2.20. The molecule has 0 saturated heterocycles. The van der Waals surface area contributed by atoms with E-state index in [1.165, 1.54) is 6.07 Å². The Labute approximate surface area is 157 Å². The van der Waals surface area contributed by atoms with Crippen LogP contribution in [0.2, 0.25) is 0 Å². The summed E-state index contributed by atoms with van der Waals surface area (Å²) < 4.78 is 32.6. The fourth-order valence-electron chi connectivity index (χ4n) is 2.83. The Morgan fingerprint density at radius 1 is 0.926 bits per heavy atom. The van der Waals surface area contributed by atoms with E-state index in [2.05, 4.69) is 9.88 Å². The molecule has 0 fully saturated rings. The van der Waals surface area contributed by atoms with Crippen LogP contribution in [0.1, 0.15) is 11.1 Å². The lowest BCUT2D eigenvalue weighted by molar-refractivity contribution is 0.339. The zero-order valence-electron chi connectivity index (χ0n) is 14.7. The first kappa shape index (κ1) is 17.5. The second-order valence-electron chi connectivity index (χ2n) is 6.40. The molecule has 1 heterocycles. The topological polar surface area (TPSA) is 72.2 Å². The van der Waals surface area contributed by atoms with Crippen LogP contribution in [-0.2, 0) is 16.6 Å². The molecule has 0 saturated carbocycles. The first-order valence-corrected chi connectivity index (χ1v) is 10.0. The van der Waals surface area contributed by atoms with Gasteiger partial charge in [0.25, 0.3) is 15.1 Å². The molecule has 0 spiro atoms. The van der Waals surface area contributed by atoms with Crippen LogP contribution < -0.4 is 4.72 Å². The summed E-state index contributed by atoms with van der Waals surface area (Å²) in [6.07, 6.45) is 0. The van der Waals surface area contributed by atoms with E-state index in [0.717, 1.165) is 27.5 Å². The van der Waals surface area contributed by atoms with E-state index in [-0.39, 0.29) is 11.6 Å². The summed E-state index contributed by atoms with van der Waals surface area (Å²) in [4.78, 5) is 0. The number of hydrogen-bond donors (Lipinski definition) is 1. The molecule has 4 aromatic rings. The summed E-state index contributed by atoms with van der Waals surface area (Å²) in [6, 6.07) is 22.9. The zero-order chi connectivity index (χ0) is 18.9. The molecule has 0 radical (unpaired) electrons. The summed E-state index contributed by atoms with van der Waals surface area (Å²) in [6.45, 7) is 2.17. The van der Waals surface area contributed by atoms with Crippen LogP contribution in [0.5, 0.6) is 0 Å². The van der Waals surface area contributed by atoms with Crippen LogP contribution >= 0.6 is 0 Å². The van der Waals surface area contributed by atoms with Crippen molar-refractivity contribution >= 4 is 20.8 Å². The summed E-state index contributed by atoms with van der Waals surface area (Å²) >= 11 is 0. The van der Waals surface area contributed by atoms with Gasteiger partial charge in [0.2, 0.25) is 0 Å². The van der Waals surface area contributed by atoms with Crippen LogP contribution in [-0.4, -0.2) is 13.6 Å². The van der Waals surface area contributed by atoms with Gasteiger partial charge in [0, 0.05) is 18.2 Å². The molecule has 136 valence electrons. The smallest absolute Gasteiger partial charge is 0.277 e. The number of nitrogens with one attached hydrogen (secondary N) is 1. The van der Waals surface area contributed by atoms with E-state index >= 15 is 0 Å². The van der Waals surface area contributed by atoms with Crippen molar-refractivity contribution in [1.82, 2.24) is 9.88 Å². The van der Waals surface area contributed by atoms with E-state index in [1.54, 1.807) is 0 Å². The third kappa shape index (κ3) is 3.77. The lowest BCUT2D eigenvalue weighted by Crippen LogP contribution is -2.22. The predicted molar refractivity (Wildman–Crippen MR) is 105 cm³/mol. The molecular formula is C21H18N2O3S. The second kappa shape index (κ2) is 6.98. The molecule has 0 aliphatic heterocycles. The summed E-state index contributed by atoms with van der Waals surface area (Å²) in [5.41, 5.74) is 3.28. The van der Waals surface area contributed by atoms with Gasteiger partial charge in [0.1, 0.15) is 5.69 Å². The lowest BCUT2D eigenvalue weighted by atomic mass is 10.1. The molecule has 1 N–H and O–H groups in total. The maximum absolute atomic E-state index is 12.5. The van der Waals surface area contributed by atoms with Crippen molar-refractivity contribution in [3.8, 4) is 11.3 Å². The van der Waals surface area contributed by atoms with Crippen molar-refractivity contribution < 1.29 is 12.9 Å². The van der Waals surface area contributed by atoms with Gasteiger partial charge in [-0.05, 0) is 29.3 Å². The normalized spacial score (nSPS) is 11.7. The quantitative estimate of drug-likeness (QED) is 0.562. The molecule has 6 heteroatoms. The Morgan fingerprint density at radius 2 is 1.67 bits per heavy atom. The molecule has 3 aromatic carbocycles. The highest BCUT2D eigenvalue weighted by Crippen LogP contribution is 2.25. The minimum absolute atomic E-state index is 0.189. The Balaban J connectivity index is 1.55. The van der Waals surface area contributed by atoms with Crippen molar-refractivity contribution in [2.45, 2.75) is 18.6 Å². The highest BCUT2D eigenvalue weighted by molar-refractivity contribution is 7.89. The molecule has 5 nitrogen and oxygen atoms in total. The van der Waals surface area contributed by atoms with E-state index in [4.69, 9.17) is 4.52 Å². The summed E-state index contributed by atoms with van der Waals surface area (Å²) in [5, 5.41) is 5.90. The molecule has 0 aliphatic carbocycles. The van der Waals surface area contributed by atoms with E-state index < -0.39 is 10.0 Å². The number of aryl methyl sites for hydroxylation is 1. The summed E-state index contributed by atoms with van der Waals surface area (Å²) in [7, 11) is -3.78. The predicted octanol–water partition coefficient (Wildman–Crippen LogP) is 4.28. The molecule has 0 unspecified atom stereocenters. The zero-order valence-corrected chi connectivity index (χ0v) is 15.5. The number of sulfonamides is 1. The van der Waals surface area contributed by atoms with Crippen molar-refractivity contribution in [2.24, 2.45) is 0 Å². The van der Waals surface area contributed by atoms with Gasteiger partial charge in [-0.3, -0.25) is 0 Å². The average Bonchev–Trinajstić information content (AvgIpc) is 3.18. The average molecular weight is 378 g/mol. The maximum atomic E-state index is 12.5. The fourth-order valence-corrected chi connectivity index (χ4v) is 3.73. The number of fused-ring (bicyclic) bond motifs is 1. The van der Waals surface area contributed by atoms with Crippen LogP contribution in [0.4, 0.5) is 0 Å².